The molecule has 0 radical (unpaired) electrons. The van der Waals surface area contributed by atoms with Crippen molar-refractivity contribution in [1.82, 2.24) is 14.8 Å². The molecule has 108 valence electrons. The number of fused-ring (bicyclic) bond motifs is 1. The summed E-state index contributed by atoms with van der Waals surface area (Å²) < 4.78 is 1.91. The zero-order valence-electron chi connectivity index (χ0n) is 11.6. The fourth-order valence-corrected chi connectivity index (χ4v) is 3.01. The average molecular weight is 284 g/mol. The highest BCUT2D eigenvalue weighted by Gasteiger charge is 2.26. The average Bonchev–Trinajstić information content (AvgIpc) is 2.90. The second-order valence-corrected chi connectivity index (χ2v) is 5.60. The number of carboxylic acid groups (broad SMARTS) is 1. The molecule has 6 heteroatoms. The molecule has 2 aromatic rings. The van der Waals surface area contributed by atoms with E-state index in [0.29, 0.717) is 11.6 Å². The molecule has 0 unspecified atom stereocenters. The van der Waals surface area contributed by atoms with Crippen LogP contribution >= 0.6 is 0 Å². The van der Waals surface area contributed by atoms with Crippen molar-refractivity contribution in [3.8, 4) is 6.07 Å². The zero-order chi connectivity index (χ0) is 14.8. The van der Waals surface area contributed by atoms with Crippen molar-refractivity contribution < 1.29 is 9.90 Å². The minimum atomic E-state index is -0.675. The zero-order valence-corrected chi connectivity index (χ0v) is 11.6. The van der Waals surface area contributed by atoms with Crippen molar-refractivity contribution in [3.05, 3.63) is 24.0 Å². The van der Waals surface area contributed by atoms with E-state index < -0.39 is 5.97 Å². The third-order valence-electron chi connectivity index (χ3n) is 4.24. The minimum absolute atomic E-state index is 0.185. The molecule has 0 bridgehead atoms. The highest BCUT2D eigenvalue weighted by Crippen LogP contribution is 2.30. The van der Waals surface area contributed by atoms with Gasteiger partial charge in [-0.2, -0.15) is 10.4 Å². The predicted molar refractivity (Wildman–Crippen MR) is 75.3 cm³/mol. The summed E-state index contributed by atoms with van der Waals surface area (Å²) in [4.78, 5) is 15.2. The molecule has 0 aliphatic heterocycles. The highest BCUT2D eigenvalue weighted by molar-refractivity contribution is 5.74. The van der Waals surface area contributed by atoms with Gasteiger partial charge in [0, 0.05) is 6.54 Å². The molecule has 3 rings (SSSR count). The lowest BCUT2D eigenvalue weighted by molar-refractivity contribution is -0.143. The van der Waals surface area contributed by atoms with Crippen molar-refractivity contribution in [2.75, 3.05) is 0 Å². The number of hydrogen-bond donors (Lipinski definition) is 1. The van der Waals surface area contributed by atoms with Gasteiger partial charge in [-0.1, -0.05) is 0 Å². The molecular formula is C15H16N4O2. The molecule has 0 atom stereocenters. The van der Waals surface area contributed by atoms with E-state index in [-0.39, 0.29) is 5.92 Å². The molecule has 1 N–H and O–H groups in total. The van der Waals surface area contributed by atoms with Crippen LogP contribution < -0.4 is 0 Å². The molecule has 0 aromatic carbocycles. The minimum Gasteiger partial charge on any atom is -0.481 e. The summed E-state index contributed by atoms with van der Waals surface area (Å²) in [5.41, 5.74) is 2.05. The van der Waals surface area contributed by atoms with Gasteiger partial charge in [0.15, 0.2) is 0 Å². The van der Waals surface area contributed by atoms with Crippen LogP contribution in [0.15, 0.2) is 18.3 Å². The lowest BCUT2D eigenvalue weighted by atomic mass is 9.82. The Morgan fingerprint density at radius 1 is 1.38 bits per heavy atom. The van der Waals surface area contributed by atoms with Gasteiger partial charge in [-0.05, 0) is 43.7 Å². The van der Waals surface area contributed by atoms with Crippen LogP contribution in [0.5, 0.6) is 0 Å². The number of aromatic nitrogens is 3. The van der Waals surface area contributed by atoms with E-state index in [0.717, 1.165) is 43.3 Å². The Hall–Kier alpha value is -2.42. The number of pyridine rings is 1. The molecule has 21 heavy (non-hydrogen) atoms. The molecule has 1 aliphatic rings. The first-order valence-electron chi connectivity index (χ1n) is 7.13. The highest BCUT2D eigenvalue weighted by atomic mass is 16.4. The van der Waals surface area contributed by atoms with Crippen molar-refractivity contribution in [2.45, 2.75) is 32.2 Å². The second-order valence-electron chi connectivity index (χ2n) is 5.60. The van der Waals surface area contributed by atoms with Gasteiger partial charge in [0.05, 0.1) is 17.6 Å². The smallest absolute Gasteiger partial charge is 0.306 e. The molecule has 2 aromatic heterocycles. The van der Waals surface area contributed by atoms with Crippen LogP contribution in [0.25, 0.3) is 11.0 Å². The van der Waals surface area contributed by atoms with Gasteiger partial charge in [0.2, 0.25) is 0 Å². The van der Waals surface area contributed by atoms with E-state index in [1.54, 1.807) is 12.3 Å². The normalized spacial score (nSPS) is 22.0. The number of nitrogens with zero attached hydrogens (tertiary/aromatic N) is 4. The summed E-state index contributed by atoms with van der Waals surface area (Å²) in [6.07, 6.45) is 5.01. The Bertz CT molecular complexity index is 708. The predicted octanol–water partition coefficient (Wildman–Crippen LogP) is 2.19. The summed E-state index contributed by atoms with van der Waals surface area (Å²) in [7, 11) is 0. The van der Waals surface area contributed by atoms with Crippen LogP contribution in [0, 0.1) is 23.2 Å². The van der Waals surface area contributed by atoms with Crippen LogP contribution in [-0.4, -0.2) is 25.8 Å². The van der Waals surface area contributed by atoms with E-state index >= 15 is 0 Å². The monoisotopic (exact) mass is 284 g/mol. The molecule has 6 nitrogen and oxygen atoms in total. The first-order chi connectivity index (χ1) is 10.2. The van der Waals surface area contributed by atoms with Crippen molar-refractivity contribution in [1.29, 1.82) is 5.26 Å². The Morgan fingerprint density at radius 2 is 2.14 bits per heavy atom. The summed E-state index contributed by atoms with van der Waals surface area (Å²) >= 11 is 0. The number of rotatable bonds is 3. The van der Waals surface area contributed by atoms with Crippen molar-refractivity contribution in [2.24, 2.45) is 11.8 Å². The van der Waals surface area contributed by atoms with Gasteiger partial charge in [-0.25, -0.2) is 4.98 Å². The molecule has 0 saturated heterocycles. The van der Waals surface area contributed by atoms with Gasteiger partial charge in [0.1, 0.15) is 17.3 Å². The van der Waals surface area contributed by atoms with E-state index in [9.17, 15) is 4.79 Å². The van der Waals surface area contributed by atoms with Crippen molar-refractivity contribution in [3.63, 3.8) is 0 Å². The van der Waals surface area contributed by atoms with E-state index in [1.807, 2.05) is 16.8 Å². The molecule has 0 amide bonds. The first kappa shape index (κ1) is 13.6. The molecule has 1 aliphatic carbocycles. The number of nitriles is 1. The number of carboxylic acids is 1. The number of aliphatic carboxylic acids is 1. The summed E-state index contributed by atoms with van der Waals surface area (Å²) in [6, 6.07) is 5.59. The Balaban J connectivity index is 1.72. The van der Waals surface area contributed by atoms with Gasteiger partial charge in [-0.15, -0.1) is 0 Å². The Morgan fingerprint density at radius 3 is 2.81 bits per heavy atom. The van der Waals surface area contributed by atoms with E-state index in [1.165, 1.54) is 0 Å². The third-order valence-corrected chi connectivity index (χ3v) is 4.24. The van der Waals surface area contributed by atoms with Gasteiger partial charge in [0.25, 0.3) is 0 Å². The second kappa shape index (κ2) is 5.52. The number of hydrogen-bond acceptors (Lipinski definition) is 4. The summed E-state index contributed by atoms with van der Waals surface area (Å²) in [5, 5.41) is 22.2. The largest absolute Gasteiger partial charge is 0.481 e. The van der Waals surface area contributed by atoms with Crippen LogP contribution in [0.1, 0.15) is 31.4 Å². The topological polar surface area (TPSA) is 91.8 Å². The van der Waals surface area contributed by atoms with E-state index in [4.69, 9.17) is 10.4 Å². The van der Waals surface area contributed by atoms with Crippen LogP contribution in [0.3, 0.4) is 0 Å². The fraction of sp³-hybridized carbons (Fsp3) is 0.467. The maximum Gasteiger partial charge on any atom is 0.306 e. The van der Waals surface area contributed by atoms with Crippen LogP contribution in [0.4, 0.5) is 0 Å². The fourth-order valence-electron chi connectivity index (χ4n) is 3.01. The molecule has 0 spiro atoms. The summed E-state index contributed by atoms with van der Waals surface area (Å²) in [6.45, 7) is 0.781. The standard InChI is InChI=1S/C15H16N4O2/c16-7-12-5-6-14-13(18-12)8-17-19(14)9-10-1-3-11(4-2-10)15(20)21/h5-6,8,10-11H,1-4,9H2,(H,20,21). The van der Waals surface area contributed by atoms with E-state index in [2.05, 4.69) is 10.1 Å². The quantitative estimate of drug-likeness (QED) is 0.932. The van der Waals surface area contributed by atoms with Crippen LogP contribution in [0.2, 0.25) is 0 Å². The Labute approximate surface area is 122 Å². The van der Waals surface area contributed by atoms with Crippen molar-refractivity contribution >= 4 is 17.0 Å². The van der Waals surface area contributed by atoms with Gasteiger partial charge in [-0.3, -0.25) is 9.48 Å². The Kier molecular flexibility index (Phi) is 3.57. The third kappa shape index (κ3) is 2.72. The molecule has 2 heterocycles. The maximum atomic E-state index is 11.0. The summed E-state index contributed by atoms with van der Waals surface area (Å²) in [5.74, 6) is -0.402. The van der Waals surface area contributed by atoms with Crippen LogP contribution in [-0.2, 0) is 11.3 Å². The lowest BCUT2D eigenvalue weighted by Crippen LogP contribution is -2.24. The molecule has 1 saturated carbocycles. The SMILES string of the molecule is N#Cc1ccc2c(cnn2CC2CCC(C(=O)O)CC2)n1. The lowest BCUT2D eigenvalue weighted by Gasteiger charge is -2.26. The molecule has 1 fully saturated rings. The molecular weight excluding hydrogens is 268 g/mol. The number of carbonyl (C=O) groups is 1. The maximum absolute atomic E-state index is 11.0. The van der Waals surface area contributed by atoms with Gasteiger partial charge >= 0.3 is 5.97 Å². The van der Waals surface area contributed by atoms with Gasteiger partial charge < -0.3 is 5.11 Å². The first-order valence-corrected chi connectivity index (χ1v) is 7.13.